The van der Waals surface area contributed by atoms with Crippen molar-refractivity contribution in [1.29, 1.82) is 0 Å². The molecule has 104 valence electrons. The zero-order valence-electron chi connectivity index (χ0n) is 11.3. The van der Waals surface area contributed by atoms with Gasteiger partial charge in [-0.1, -0.05) is 26.7 Å². The van der Waals surface area contributed by atoms with Gasteiger partial charge in [0.25, 0.3) is 0 Å². The molecule has 0 spiro atoms. The van der Waals surface area contributed by atoms with Gasteiger partial charge in [-0.25, -0.2) is 4.79 Å². The van der Waals surface area contributed by atoms with Crippen molar-refractivity contribution in [3.8, 4) is 0 Å². The van der Waals surface area contributed by atoms with Crippen LogP contribution in [0, 0.1) is 5.92 Å². The standard InChI is InChI=1S/C13H24N2O3/c1-3-10(4-2)9-14-12(18)15-13(6-5-7-13)8-11(16)17/h10H,3-9H2,1-2H3,(H,16,17)(H2,14,15,18). The number of nitrogens with one attached hydrogen (secondary N) is 2. The molecule has 3 N–H and O–H groups in total. The van der Waals surface area contributed by atoms with Crippen molar-refractivity contribution in [2.45, 2.75) is 57.9 Å². The second kappa shape index (κ2) is 6.61. The number of hydrogen-bond acceptors (Lipinski definition) is 2. The molecular weight excluding hydrogens is 232 g/mol. The summed E-state index contributed by atoms with van der Waals surface area (Å²) in [4.78, 5) is 22.5. The van der Waals surface area contributed by atoms with Crippen LogP contribution in [0.1, 0.15) is 52.4 Å². The van der Waals surface area contributed by atoms with Crippen LogP contribution >= 0.6 is 0 Å². The van der Waals surface area contributed by atoms with Crippen molar-refractivity contribution in [2.75, 3.05) is 6.54 Å². The summed E-state index contributed by atoms with van der Waals surface area (Å²) in [6.45, 7) is 4.86. The van der Waals surface area contributed by atoms with Crippen LogP contribution in [-0.4, -0.2) is 29.2 Å². The Balaban J connectivity index is 2.36. The zero-order chi connectivity index (χ0) is 13.6. The lowest BCUT2D eigenvalue weighted by atomic mass is 9.74. The largest absolute Gasteiger partial charge is 0.481 e. The molecule has 0 unspecified atom stereocenters. The van der Waals surface area contributed by atoms with Gasteiger partial charge < -0.3 is 15.7 Å². The normalized spacial score (nSPS) is 17.1. The van der Waals surface area contributed by atoms with Crippen LogP contribution in [-0.2, 0) is 4.79 Å². The highest BCUT2D eigenvalue weighted by molar-refractivity contribution is 5.77. The van der Waals surface area contributed by atoms with Gasteiger partial charge in [0.1, 0.15) is 0 Å². The molecule has 0 saturated heterocycles. The van der Waals surface area contributed by atoms with Gasteiger partial charge in [-0.3, -0.25) is 4.79 Å². The zero-order valence-corrected chi connectivity index (χ0v) is 11.3. The second-order valence-corrected chi connectivity index (χ2v) is 5.22. The Morgan fingerprint density at radius 2 is 1.89 bits per heavy atom. The van der Waals surface area contributed by atoms with E-state index in [1.54, 1.807) is 0 Å². The minimum atomic E-state index is -0.852. The number of rotatable bonds is 7. The summed E-state index contributed by atoms with van der Waals surface area (Å²) in [7, 11) is 0. The summed E-state index contributed by atoms with van der Waals surface area (Å²) in [5.74, 6) is -0.359. The Morgan fingerprint density at radius 3 is 2.28 bits per heavy atom. The lowest BCUT2D eigenvalue weighted by molar-refractivity contribution is -0.139. The summed E-state index contributed by atoms with van der Waals surface area (Å²) < 4.78 is 0. The molecule has 0 atom stereocenters. The van der Waals surface area contributed by atoms with Crippen LogP contribution in [0.5, 0.6) is 0 Å². The summed E-state index contributed by atoms with van der Waals surface area (Å²) in [6, 6.07) is -0.233. The number of hydrogen-bond donors (Lipinski definition) is 3. The lowest BCUT2D eigenvalue weighted by Gasteiger charge is -2.41. The maximum Gasteiger partial charge on any atom is 0.315 e. The van der Waals surface area contributed by atoms with Crippen LogP contribution in [0.25, 0.3) is 0 Å². The van der Waals surface area contributed by atoms with Crippen molar-refractivity contribution in [1.82, 2.24) is 10.6 Å². The van der Waals surface area contributed by atoms with Crippen molar-refractivity contribution < 1.29 is 14.7 Å². The van der Waals surface area contributed by atoms with Crippen molar-refractivity contribution in [3.05, 3.63) is 0 Å². The molecule has 5 nitrogen and oxygen atoms in total. The fraction of sp³-hybridized carbons (Fsp3) is 0.846. The molecule has 1 fully saturated rings. The molecule has 0 radical (unpaired) electrons. The van der Waals surface area contributed by atoms with Crippen LogP contribution in [0.3, 0.4) is 0 Å². The average Bonchev–Trinajstić information content (AvgIpc) is 2.26. The van der Waals surface area contributed by atoms with Crippen molar-refractivity contribution in [2.24, 2.45) is 5.92 Å². The van der Waals surface area contributed by atoms with E-state index in [4.69, 9.17) is 5.11 Å². The van der Waals surface area contributed by atoms with Gasteiger partial charge in [-0.2, -0.15) is 0 Å². The van der Waals surface area contributed by atoms with E-state index in [-0.39, 0.29) is 12.5 Å². The van der Waals surface area contributed by atoms with Crippen molar-refractivity contribution in [3.63, 3.8) is 0 Å². The van der Waals surface area contributed by atoms with Gasteiger partial charge >= 0.3 is 12.0 Å². The Kier molecular flexibility index (Phi) is 5.44. The summed E-state index contributed by atoms with van der Waals surface area (Å²) in [5, 5.41) is 14.5. The molecule has 1 aliphatic carbocycles. The molecule has 0 bridgehead atoms. The predicted octanol–water partition coefficient (Wildman–Crippen LogP) is 2.12. The van der Waals surface area contributed by atoms with Crippen LogP contribution < -0.4 is 10.6 Å². The minimum Gasteiger partial charge on any atom is -0.481 e. The van der Waals surface area contributed by atoms with E-state index in [0.717, 1.165) is 32.1 Å². The molecule has 2 amide bonds. The Morgan fingerprint density at radius 1 is 1.28 bits per heavy atom. The minimum absolute atomic E-state index is 0.0193. The second-order valence-electron chi connectivity index (χ2n) is 5.22. The Labute approximate surface area is 108 Å². The first kappa shape index (κ1) is 14.8. The fourth-order valence-corrected chi connectivity index (χ4v) is 2.34. The number of amides is 2. The number of urea groups is 1. The lowest BCUT2D eigenvalue weighted by Crippen LogP contribution is -2.57. The topological polar surface area (TPSA) is 78.4 Å². The first-order valence-corrected chi connectivity index (χ1v) is 6.79. The molecule has 1 saturated carbocycles. The molecular formula is C13H24N2O3. The molecule has 0 heterocycles. The van der Waals surface area contributed by atoms with E-state index in [1.165, 1.54) is 0 Å². The third-order valence-electron chi connectivity index (χ3n) is 3.88. The molecule has 0 aromatic heterocycles. The highest BCUT2D eigenvalue weighted by atomic mass is 16.4. The maximum absolute atomic E-state index is 11.8. The van der Waals surface area contributed by atoms with Crippen molar-refractivity contribution >= 4 is 12.0 Å². The van der Waals surface area contributed by atoms with Gasteiger partial charge in [0.15, 0.2) is 0 Å². The van der Waals surface area contributed by atoms with Gasteiger partial charge in [0.05, 0.1) is 12.0 Å². The van der Waals surface area contributed by atoms with Gasteiger partial charge in [-0.05, 0) is 25.2 Å². The van der Waals surface area contributed by atoms with E-state index in [2.05, 4.69) is 24.5 Å². The van der Waals surface area contributed by atoms with Gasteiger partial charge in [-0.15, -0.1) is 0 Å². The smallest absolute Gasteiger partial charge is 0.315 e. The first-order chi connectivity index (χ1) is 8.51. The van der Waals surface area contributed by atoms with Crippen LogP contribution in [0.4, 0.5) is 4.79 Å². The maximum atomic E-state index is 11.8. The predicted molar refractivity (Wildman–Crippen MR) is 69.4 cm³/mol. The van der Waals surface area contributed by atoms with E-state index in [9.17, 15) is 9.59 Å². The highest BCUT2D eigenvalue weighted by Gasteiger charge is 2.40. The van der Waals surface area contributed by atoms with Crippen LogP contribution in [0.15, 0.2) is 0 Å². The average molecular weight is 256 g/mol. The van der Waals surface area contributed by atoms with Crippen LogP contribution in [0.2, 0.25) is 0 Å². The third-order valence-corrected chi connectivity index (χ3v) is 3.88. The Bertz CT molecular complexity index is 297. The monoisotopic (exact) mass is 256 g/mol. The molecule has 1 aliphatic rings. The molecule has 0 aromatic rings. The summed E-state index contributed by atoms with van der Waals surface area (Å²) in [5.41, 5.74) is -0.510. The first-order valence-electron chi connectivity index (χ1n) is 6.79. The third kappa shape index (κ3) is 4.20. The quantitative estimate of drug-likeness (QED) is 0.653. The molecule has 5 heteroatoms. The summed E-state index contributed by atoms with van der Waals surface area (Å²) in [6.07, 6.45) is 4.61. The van der Waals surface area contributed by atoms with Gasteiger partial charge in [0, 0.05) is 6.54 Å². The number of carbonyl (C=O) groups is 2. The van der Waals surface area contributed by atoms with Gasteiger partial charge in [0.2, 0.25) is 0 Å². The SMILES string of the molecule is CCC(CC)CNC(=O)NC1(CC(=O)O)CCC1. The molecule has 0 aliphatic heterocycles. The Hall–Kier alpha value is -1.26. The van der Waals surface area contributed by atoms with E-state index < -0.39 is 11.5 Å². The number of carboxylic acid groups (broad SMARTS) is 1. The summed E-state index contributed by atoms with van der Waals surface area (Å²) >= 11 is 0. The number of carbonyl (C=O) groups excluding carboxylic acids is 1. The van der Waals surface area contributed by atoms with E-state index in [1.807, 2.05) is 0 Å². The molecule has 0 aromatic carbocycles. The fourth-order valence-electron chi connectivity index (χ4n) is 2.34. The highest BCUT2D eigenvalue weighted by Crippen LogP contribution is 2.34. The van der Waals surface area contributed by atoms with E-state index in [0.29, 0.717) is 12.5 Å². The number of carboxylic acids is 1. The van der Waals surface area contributed by atoms with E-state index >= 15 is 0 Å². The molecule has 18 heavy (non-hydrogen) atoms. The molecule has 1 rings (SSSR count). The number of aliphatic carboxylic acids is 1.